The molecule has 0 heterocycles. The van der Waals surface area contributed by atoms with Crippen LogP contribution in [0.15, 0.2) is 29.2 Å². The topological polar surface area (TPSA) is 67.4 Å². The molecule has 1 fully saturated rings. The van der Waals surface area contributed by atoms with Crippen molar-refractivity contribution in [3.8, 4) is 5.75 Å². The number of ether oxygens (including phenoxy) is 1. The van der Waals surface area contributed by atoms with Crippen LogP contribution in [0.1, 0.15) is 26.7 Å². The third-order valence-electron chi connectivity index (χ3n) is 3.14. The Morgan fingerprint density at radius 2 is 1.86 bits per heavy atom. The summed E-state index contributed by atoms with van der Waals surface area (Å²) in [4.78, 5) is 0.269. The minimum Gasteiger partial charge on any atom is -0.493 e. The minimum atomic E-state index is -3.43. The molecule has 0 aliphatic heterocycles. The van der Waals surface area contributed by atoms with Gasteiger partial charge in [0.15, 0.2) is 0 Å². The largest absolute Gasteiger partial charge is 0.493 e. The molecule has 0 spiro atoms. The highest BCUT2D eigenvalue weighted by Gasteiger charge is 2.20. The molecule has 6 heteroatoms. The highest BCUT2D eigenvalue weighted by molar-refractivity contribution is 7.89. The Kier molecular flexibility index (Phi) is 5.61. The molecule has 1 aromatic rings. The van der Waals surface area contributed by atoms with Gasteiger partial charge in [-0.3, -0.25) is 0 Å². The van der Waals surface area contributed by atoms with Crippen molar-refractivity contribution in [3.05, 3.63) is 24.3 Å². The molecule has 0 radical (unpaired) electrons. The normalized spacial score (nSPS) is 15.4. The third kappa shape index (κ3) is 5.65. The summed E-state index contributed by atoms with van der Waals surface area (Å²) in [6.45, 7) is 5.83. The number of hydrogen-bond acceptors (Lipinski definition) is 4. The average molecular weight is 312 g/mol. The van der Waals surface area contributed by atoms with Crippen LogP contribution < -0.4 is 14.8 Å². The van der Waals surface area contributed by atoms with E-state index in [0.717, 1.165) is 0 Å². The molecule has 1 aromatic carbocycles. The zero-order valence-electron chi connectivity index (χ0n) is 12.6. The van der Waals surface area contributed by atoms with Crippen LogP contribution in [-0.4, -0.2) is 34.2 Å². The van der Waals surface area contributed by atoms with Gasteiger partial charge >= 0.3 is 0 Å². The molecule has 2 N–H and O–H groups in total. The molecule has 21 heavy (non-hydrogen) atoms. The van der Waals surface area contributed by atoms with Crippen LogP contribution in [0.2, 0.25) is 0 Å². The highest BCUT2D eigenvalue weighted by Crippen LogP contribution is 2.18. The van der Waals surface area contributed by atoms with Gasteiger partial charge in [0.25, 0.3) is 0 Å². The lowest BCUT2D eigenvalue weighted by atomic mass is 10.2. The van der Waals surface area contributed by atoms with Gasteiger partial charge in [-0.05, 0) is 43.0 Å². The van der Waals surface area contributed by atoms with E-state index in [1.807, 2.05) is 0 Å². The first-order valence-electron chi connectivity index (χ1n) is 7.43. The fourth-order valence-electron chi connectivity index (χ4n) is 1.81. The molecule has 5 nitrogen and oxygen atoms in total. The van der Waals surface area contributed by atoms with Gasteiger partial charge in [0.05, 0.1) is 11.5 Å². The maximum atomic E-state index is 12.1. The van der Waals surface area contributed by atoms with Crippen LogP contribution in [0, 0.1) is 5.92 Å². The van der Waals surface area contributed by atoms with Crippen LogP contribution in [0.3, 0.4) is 0 Å². The second-order valence-corrected chi connectivity index (χ2v) is 7.57. The Bertz CT molecular complexity index is 537. The van der Waals surface area contributed by atoms with E-state index in [2.05, 4.69) is 23.9 Å². The molecule has 0 saturated heterocycles. The number of sulfonamides is 1. The van der Waals surface area contributed by atoms with E-state index >= 15 is 0 Å². The van der Waals surface area contributed by atoms with Crippen LogP contribution >= 0.6 is 0 Å². The summed E-state index contributed by atoms with van der Waals surface area (Å²) in [6.07, 6.45) is 2.40. The Labute approximate surface area is 127 Å². The summed E-state index contributed by atoms with van der Waals surface area (Å²) in [5, 5.41) is 3.27. The zero-order valence-corrected chi connectivity index (χ0v) is 13.4. The van der Waals surface area contributed by atoms with Gasteiger partial charge in [0.1, 0.15) is 5.75 Å². The first kappa shape index (κ1) is 16.3. The fourth-order valence-corrected chi connectivity index (χ4v) is 2.84. The van der Waals surface area contributed by atoms with Gasteiger partial charge in [-0.2, -0.15) is 0 Å². The molecule has 0 amide bonds. The van der Waals surface area contributed by atoms with E-state index < -0.39 is 10.0 Å². The Hall–Kier alpha value is -1.11. The summed E-state index contributed by atoms with van der Waals surface area (Å²) in [5.74, 6) is 1.13. The van der Waals surface area contributed by atoms with Gasteiger partial charge in [-0.25, -0.2) is 13.1 Å². The summed E-state index contributed by atoms with van der Waals surface area (Å²) in [5.41, 5.74) is 0. The maximum absolute atomic E-state index is 12.1. The van der Waals surface area contributed by atoms with Gasteiger partial charge in [-0.1, -0.05) is 13.8 Å². The summed E-state index contributed by atoms with van der Waals surface area (Å²) < 4.78 is 32.3. The van der Waals surface area contributed by atoms with E-state index in [1.165, 1.54) is 12.8 Å². The van der Waals surface area contributed by atoms with Gasteiger partial charge < -0.3 is 10.1 Å². The lowest BCUT2D eigenvalue weighted by Crippen LogP contribution is -2.32. The lowest BCUT2D eigenvalue weighted by Gasteiger charge is -2.10. The van der Waals surface area contributed by atoms with Gasteiger partial charge in [0, 0.05) is 19.1 Å². The van der Waals surface area contributed by atoms with E-state index in [4.69, 9.17) is 4.74 Å². The molecule has 1 aliphatic rings. The number of benzene rings is 1. The predicted octanol–water partition coefficient (Wildman–Crippen LogP) is 1.75. The number of hydrogen-bond donors (Lipinski definition) is 2. The Balaban J connectivity index is 1.83. The molecule has 0 bridgehead atoms. The molecule has 1 saturated carbocycles. The second-order valence-electron chi connectivity index (χ2n) is 5.80. The summed E-state index contributed by atoms with van der Waals surface area (Å²) in [7, 11) is -3.43. The van der Waals surface area contributed by atoms with Crippen molar-refractivity contribution in [3.63, 3.8) is 0 Å². The number of rotatable bonds is 9. The van der Waals surface area contributed by atoms with Crippen LogP contribution in [0.4, 0.5) is 0 Å². The molecule has 2 rings (SSSR count). The molecule has 1 aliphatic carbocycles. The van der Waals surface area contributed by atoms with Crippen molar-refractivity contribution in [1.82, 2.24) is 10.0 Å². The summed E-state index contributed by atoms with van der Waals surface area (Å²) in [6, 6.07) is 7.13. The van der Waals surface area contributed by atoms with Crippen molar-refractivity contribution in [2.24, 2.45) is 5.92 Å². The van der Waals surface area contributed by atoms with Crippen molar-refractivity contribution >= 4 is 10.0 Å². The molecular weight excluding hydrogens is 288 g/mol. The SMILES string of the molecule is CC(C)COc1ccc(S(=O)(=O)NCCNC2CC2)cc1. The van der Waals surface area contributed by atoms with E-state index in [-0.39, 0.29) is 4.90 Å². The highest BCUT2D eigenvalue weighted by atomic mass is 32.2. The number of nitrogens with one attached hydrogen (secondary N) is 2. The van der Waals surface area contributed by atoms with E-state index in [9.17, 15) is 8.42 Å². The monoisotopic (exact) mass is 312 g/mol. The van der Waals surface area contributed by atoms with Crippen molar-refractivity contribution < 1.29 is 13.2 Å². The lowest BCUT2D eigenvalue weighted by molar-refractivity contribution is 0.271. The Morgan fingerprint density at radius 3 is 2.43 bits per heavy atom. The smallest absolute Gasteiger partial charge is 0.240 e. The first-order chi connectivity index (χ1) is 9.97. The van der Waals surface area contributed by atoms with Crippen molar-refractivity contribution in [2.75, 3.05) is 19.7 Å². The molecule has 0 aromatic heterocycles. The molecule has 118 valence electrons. The van der Waals surface area contributed by atoms with Gasteiger partial charge in [-0.15, -0.1) is 0 Å². The minimum absolute atomic E-state index is 0.269. The van der Waals surface area contributed by atoms with E-state index in [1.54, 1.807) is 24.3 Å². The van der Waals surface area contributed by atoms with Crippen molar-refractivity contribution in [1.29, 1.82) is 0 Å². The zero-order chi connectivity index (χ0) is 15.3. The van der Waals surface area contributed by atoms with Crippen molar-refractivity contribution in [2.45, 2.75) is 37.6 Å². The standard InChI is InChI=1S/C15H24N2O3S/c1-12(2)11-20-14-5-7-15(8-6-14)21(18,19)17-10-9-16-13-3-4-13/h5-8,12-13,16-17H,3-4,9-11H2,1-2H3. The van der Waals surface area contributed by atoms with Crippen LogP contribution in [0.5, 0.6) is 5.75 Å². The molecule has 0 unspecified atom stereocenters. The predicted molar refractivity (Wildman–Crippen MR) is 83.0 cm³/mol. The third-order valence-corrected chi connectivity index (χ3v) is 4.62. The quantitative estimate of drug-likeness (QED) is 0.682. The maximum Gasteiger partial charge on any atom is 0.240 e. The van der Waals surface area contributed by atoms with E-state index in [0.29, 0.717) is 37.4 Å². The van der Waals surface area contributed by atoms with Crippen LogP contribution in [0.25, 0.3) is 0 Å². The first-order valence-corrected chi connectivity index (χ1v) is 8.91. The summed E-state index contributed by atoms with van der Waals surface area (Å²) >= 11 is 0. The molecule has 0 atom stereocenters. The van der Waals surface area contributed by atoms with Crippen LogP contribution in [-0.2, 0) is 10.0 Å². The average Bonchev–Trinajstić information content (AvgIpc) is 3.26. The molecular formula is C15H24N2O3S. The van der Waals surface area contributed by atoms with Gasteiger partial charge in [0.2, 0.25) is 10.0 Å². The Morgan fingerprint density at radius 1 is 1.19 bits per heavy atom. The fraction of sp³-hybridized carbons (Fsp3) is 0.600. The second kappa shape index (κ2) is 7.24.